The van der Waals surface area contributed by atoms with Gasteiger partial charge in [-0.3, -0.25) is 4.79 Å². The van der Waals surface area contributed by atoms with Crippen molar-refractivity contribution in [3.05, 3.63) is 34.9 Å². The lowest BCUT2D eigenvalue weighted by Crippen LogP contribution is -2.39. The number of benzene rings is 1. The summed E-state index contributed by atoms with van der Waals surface area (Å²) in [6, 6.07) is 5.44. The highest BCUT2D eigenvalue weighted by Gasteiger charge is 2.27. The summed E-state index contributed by atoms with van der Waals surface area (Å²) in [4.78, 5) is 23.8. The van der Waals surface area contributed by atoms with Crippen molar-refractivity contribution in [3.8, 4) is 0 Å². The van der Waals surface area contributed by atoms with E-state index in [9.17, 15) is 14.7 Å². The number of hydrogen-bond donors (Lipinski definition) is 3. The standard InChI is InChI=1S/C25H41NO5/c1-8-31-24(30)20-14-19(25(5,6)7)10-9-17(20)12-18(15(2)3)13-21(26)22(27)11-16(4)23(28)29/h9-10,14-16,18,21-22,27H,8,11-13,26H2,1-7H3,(H,28,29). The van der Waals surface area contributed by atoms with Crippen LogP contribution in [0, 0.1) is 17.8 Å². The van der Waals surface area contributed by atoms with E-state index in [1.165, 1.54) is 0 Å². The molecule has 4 N–H and O–H groups in total. The monoisotopic (exact) mass is 435 g/mol. The predicted octanol–water partition coefficient (Wildman–Crippen LogP) is 4.16. The van der Waals surface area contributed by atoms with Crippen molar-refractivity contribution in [2.24, 2.45) is 23.5 Å². The minimum atomic E-state index is -0.940. The normalized spacial score (nSPS) is 15.9. The molecule has 0 aliphatic carbocycles. The number of aliphatic carboxylic acids is 1. The van der Waals surface area contributed by atoms with Crippen molar-refractivity contribution in [1.82, 2.24) is 0 Å². The molecule has 0 radical (unpaired) electrons. The van der Waals surface area contributed by atoms with Gasteiger partial charge in [0, 0.05) is 6.04 Å². The summed E-state index contributed by atoms with van der Waals surface area (Å²) in [7, 11) is 0. The van der Waals surface area contributed by atoms with Crippen LogP contribution >= 0.6 is 0 Å². The molecule has 0 fully saturated rings. The molecule has 0 aliphatic heterocycles. The summed E-state index contributed by atoms with van der Waals surface area (Å²) in [5, 5.41) is 19.5. The fourth-order valence-electron chi connectivity index (χ4n) is 3.64. The average Bonchev–Trinajstić information content (AvgIpc) is 2.66. The smallest absolute Gasteiger partial charge is 0.338 e. The summed E-state index contributed by atoms with van der Waals surface area (Å²) < 4.78 is 5.30. The molecule has 6 nitrogen and oxygen atoms in total. The Bertz CT molecular complexity index is 738. The Kier molecular flexibility index (Phi) is 10.2. The third-order valence-corrected chi connectivity index (χ3v) is 5.98. The molecule has 0 heterocycles. The van der Waals surface area contributed by atoms with Gasteiger partial charge in [0.15, 0.2) is 0 Å². The highest BCUT2D eigenvalue weighted by molar-refractivity contribution is 5.91. The quantitative estimate of drug-likeness (QED) is 0.450. The van der Waals surface area contributed by atoms with Crippen molar-refractivity contribution in [1.29, 1.82) is 0 Å². The summed E-state index contributed by atoms with van der Waals surface area (Å²) in [5.74, 6) is -1.53. The Morgan fingerprint density at radius 2 is 1.74 bits per heavy atom. The lowest BCUT2D eigenvalue weighted by Gasteiger charge is -2.29. The van der Waals surface area contributed by atoms with Crippen LogP contribution in [0.3, 0.4) is 0 Å². The first-order chi connectivity index (χ1) is 14.3. The second-order valence-corrected chi connectivity index (χ2v) is 9.99. The third-order valence-electron chi connectivity index (χ3n) is 5.98. The van der Waals surface area contributed by atoms with Crippen LogP contribution in [0.1, 0.15) is 82.8 Å². The first-order valence-corrected chi connectivity index (χ1v) is 11.2. The Morgan fingerprint density at radius 3 is 2.23 bits per heavy atom. The number of carboxylic acids is 1. The summed E-state index contributed by atoms with van der Waals surface area (Å²) in [6.07, 6.45) is 0.398. The van der Waals surface area contributed by atoms with Crippen LogP contribution < -0.4 is 5.73 Å². The largest absolute Gasteiger partial charge is 0.481 e. The SMILES string of the molecule is CCOC(=O)c1cc(C(C)(C)C)ccc1CC(CC(N)C(O)CC(C)C(=O)O)C(C)C. The molecule has 1 aromatic rings. The number of rotatable bonds is 11. The van der Waals surface area contributed by atoms with E-state index in [1.54, 1.807) is 13.8 Å². The van der Waals surface area contributed by atoms with Crippen molar-refractivity contribution in [3.63, 3.8) is 0 Å². The Balaban J connectivity index is 3.11. The molecular weight excluding hydrogens is 394 g/mol. The number of carbonyl (C=O) groups is 2. The molecular formula is C25H41NO5. The topological polar surface area (TPSA) is 110 Å². The van der Waals surface area contributed by atoms with Gasteiger partial charge in [0.2, 0.25) is 0 Å². The number of ether oxygens (including phenoxy) is 1. The van der Waals surface area contributed by atoms with Crippen molar-refractivity contribution in [2.45, 2.75) is 85.3 Å². The van der Waals surface area contributed by atoms with Crippen LogP contribution in [0.4, 0.5) is 0 Å². The Hall–Kier alpha value is -1.92. The predicted molar refractivity (Wildman–Crippen MR) is 123 cm³/mol. The molecule has 4 unspecified atom stereocenters. The van der Waals surface area contributed by atoms with Crippen LogP contribution in [-0.4, -0.2) is 40.9 Å². The molecule has 31 heavy (non-hydrogen) atoms. The molecule has 0 saturated carbocycles. The number of nitrogens with two attached hydrogens (primary N) is 1. The van der Waals surface area contributed by atoms with Crippen LogP contribution in [0.15, 0.2) is 18.2 Å². The summed E-state index contributed by atoms with van der Waals surface area (Å²) in [6.45, 7) is 14.2. The maximum Gasteiger partial charge on any atom is 0.338 e. The van der Waals surface area contributed by atoms with E-state index in [4.69, 9.17) is 15.6 Å². The van der Waals surface area contributed by atoms with Gasteiger partial charge in [-0.25, -0.2) is 4.79 Å². The van der Waals surface area contributed by atoms with E-state index in [2.05, 4.69) is 40.7 Å². The fourth-order valence-corrected chi connectivity index (χ4v) is 3.64. The van der Waals surface area contributed by atoms with Gasteiger partial charge in [-0.1, -0.05) is 53.7 Å². The van der Waals surface area contributed by atoms with Crippen molar-refractivity contribution in [2.75, 3.05) is 6.61 Å². The van der Waals surface area contributed by atoms with E-state index >= 15 is 0 Å². The van der Waals surface area contributed by atoms with Crippen LogP contribution in [0.5, 0.6) is 0 Å². The molecule has 0 bridgehead atoms. The molecule has 6 heteroatoms. The number of aliphatic hydroxyl groups excluding tert-OH is 1. The molecule has 4 atom stereocenters. The van der Waals surface area contributed by atoms with E-state index in [-0.39, 0.29) is 29.6 Å². The highest BCUT2D eigenvalue weighted by atomic mass is 16.5. The zero-order valence-corrected chi connectivity index (χ0v) is 20.1. The number of carboxylic acid groups (broad SMARTS) is 1. The van der Waals surface area contributed by atoms with Gasteiger partial charge in [-0.2, -0.15) is 0 Å². The molecule has 0 aliphatic rings. The lowest BCUT2D eigenvalue weighted by molar-refractivity contribution is -0.142. The zero-order chi connectivity index (χ0) is 23.9. The summed E-state index contributed by atoms with van der Waals surface area (Å²) in [5.41, 5.74) is 8.71. The fraction of sp³-hybridized carbons (Fsp3) is 0.680. The van der Waals surface area contributed by atoms with E-state index in [0.29, 0.717) is 25.0 Å². The molecule has 1 aromatic carbocycles. The lowest BCUT2D eigenvalue weighted by atomic mass is 9.79. The van der Waals surface area contributed by atoms with E-state index in [1.807, 2.05) is 12.1 Å². The molecule has 0 saturated heterocycles. The Morgan fingerprint density at radius 1 is 1.13 bits per heavy atom. The van der Waals surface area contributed by atoms with Crippen LogP contribution in [0.2, 0.25) is 0 Å². The molecule has 176 valence electrons. The average molecular weight is 436 g/mol. The van der Waals surface area contributed by atoms with Crippen molar-refractivity contribution >= 4 is 11.9 Å². The maximum atomic E-state index is 12.7. The number of carbonyl (C=O) groups excluding carboxylic acids is 1. The number of hydrogen-bond acceptors (Lipinski definition) is 5. The number of aliphatic hydroxyl groups is 1. The van der Waals surface area contributed by atoms with Crippen LogP contribution in [0.25, 0.3) is 0 Å². The third kappa shape index (κ3) is 8.26. The van der Waals surface area contributed by atoms with Gasteiger partial charge in [-0.15, -0.1) is 0 Å². The van der Waals surface area contributed by atoms with Gasteiger partial charge < -0.3 is 20.7 Å². The highest BCUT2D eigenvalue weighted by Crippen LogP contribution is 2.29. The van der Waals surface area contributed by atoms with E-state index < -0.39 is 24.0 Å². The molecule has 0 spiro atoms. The van der Waals surface area contributed by atoms with Gasteiger partial charge in [0.25, 0.3) is 0 Å². The molecule has 0 aromatic heterocycles. The summed E-state index contributed by atoms with van der Waals surface area (Å²) >= 11 is 0. The molecule has 0 amide bonds. The minimum Gasteiger partial charge on any atom is -0.481 e. The Labute approximate surface area is 187 Å². The van der Waals surface area contributed by atoms with Gasteiger partial charge in [0.05, 0.1) is 24.2 Å². The molecule has 1 rings (SSSR count). The second-order valence-electron chi connectivity index (χ2n) is 9.99. The second kappa shape index (κ2) is 11.6. The zero-order valence-electron chi connectivity index (χ0n) is 20.1. The minimum absolute atomic E-state index is 0.0927. The van der Waals surface area contributed by atoms with Crippen LogP contribution in [-0.2, 0) is 21.4 Å². The first kappa shape index (κ1) is 27.1. The van der Waals surface area contributed by atoms with Gasteiger partial charge in [0.1, 0.15) is 0 Å². The van der Waals surface area contributed by atoms with Crippen molar-refractivity contribution < 1.29 is 24.5 Å². The number of esters is 1. The maximum absolute atomic E-state index is 12.7. The van der Waals surface area contributed by atoms with Gasteiger partial charge in [-0.05, 0) is 60.6 Å². The first-order valence-electron chi connectivity index (χ1n) is 11.2. The van der Waals surface area contributed by atoms with E-state index in [0.717, 1.165) is 11.1 Å². The van der Waals surface area contributed by atoms with Gasteiger partial charge >= 0.3 is 11.9 Å².